The third-order valence-corrected chi connectivity index (χ3v) is 4.99. The Labute approximate surface area is 146 Å². The van der Waals surface area contributed by atoms with Crippen LogP contribution in [0.5, 0.6) is 5.75 Å². The molecule has 0 bridgehead atoms. The molecule has 0 aromatic heterocycles. The van der Waals surface area contributed by atoms with Crippen LogP contribution >= 0.6 is 11.8 Å². The van der Waals surface area contributed by atoms with Gasteiger partial charge < -0.3 is 4.74 Å². The summed E-state index contributed by atoms with van der Waals surface area (Å²) in [7, 11) is 0. The monoisotopic (exact) mass is 342 g/mol. The maximum atomic E-state index is 13.4. The van der Waals surface area contributed by atoms with Gasteiger partial charge in [-0.2, -0.15) is 5.26 Å². The normalized spacial score (nSPS) is 14.5. The molecule has 2 aromatic rings. The van der Waals surface area contributed by atoms with Gasteiger partial charge in [-0.25, -0.2) is 4.39 Å². The van der Waals surface area contributed by atoms with Gasteiger partial charge in [0.15, 0.2) is 0 Å². The fourth-order valence-electron chi connectivity index (χ4n) is 2.73. The second kappa shape index (κ2) is 8.18. The van der Waals surface area contributed by atoms with Crippen LogP contribution in [0, 0.1) is 17.1 Å². The van der Waals surface area contributed by atoms with E-state index in [1.165, 1.54) is 36.7 Å². The molecule has 3 nitrogen and oxygen atoms in total. The molecule has 2 aromatic carbocycles. The Balaban J connectivity index is 1.71. The molecule has 0 unspecified atom stereocenters. The van der Waals surface area contributed by atoms with Crippen LogP contribution in [0.4, 0.5) is 4.39 Å². The standard InChI is InChI=1S/C19H19FN2OS/c20-16-4-3-5-17(13-16)24-19-12-15(14-21)6-7-18(19)23-11-10-22-8-1-2-9-22/h3-7,12-13H,1-2,8-11H2. The molecule has 0 N–H and O–H groups in total. The van der Waals surface area contributed by atoms with Crippen LogP contribution < -0.4 is 4.74 Å². The van der Waals surface area contributed by atoms with E-state index in [2.05, 4.69) is 11.0 Å². The van der Waals surface area contributed by atoms with E-state index in [9.17, 15) is 4.39 Å². The minimum atomic E-state index is -0.270. The SMILES string of the molecule is N#Cc1ccc(OCCN2CCCC2)c(Sc2cccc(F)c2)c1. The Morgan fingerprint density at radius 1 is 1.17 bits per heavy atom. The highest BCUT2D eigenvalue weighted by atomic mass is 32.2. The summed E-state index contributed by atoms with van der Waals surface area (Å²) < 4.78 is 19.3. The zero-order chi connectivity index (χ0) is 16.8. The summed E-state index contributed by atoms with van der Waals surface area (Å²) in [6.45, 7) is 3.80. The lowest BCUT2D eigenvalue weighted by Crippen LogP contribution is -2.25. The molecule has 1 aliphatic heterocycles. The Hall–Kier alpha value is -2.03. The molecule has 0 radical (unpaired) electrons. The van der Waals surface area contributed by atoms with Gasteiger partial charge in [-0.15, -0.1) is 0 Å². The fourth-order valence-corrected chi connectivity index (χ4v) is 3.71. The van der Waals surface area contributed by atoms with E-state index in [1.807, 2.05) is 12.1 Å². The van der Waals surface area contributed by atoms with Gasteiger partial charge in [0, 0.05) is 11.4 Å². The van der Waals surface area contributed by atoms with Crippen LogP contribution in [0.1, 0.15) is 18.4 Å². The summed E-state index contributed by atoms with van der Waals surface area (Å²) in [6.07, 6.45) is 2.52. The average Bonchev–Trinajstić information content (AvgIpc) is 3.09. The lowest BCUT2D eigenvalue weighted by atomic mass is 10.2. The summed E-state index contributed by atoms with van der Waals surface area (Å²) in [5, 5.41) is 9.12. The molecule has 0 amide bonds. The number of hydrogen-bond donors (Lipinski definition) is 0. The van der Waals surface area contributed by atoms with Crippen LogP contribution in [0.3, 0.4) is 0 Å². The van der Waals surface area contributed by atoms with Crippen molar-refractivity contribution in [3.63, 3.8) is 0 Å². The highest BCUT2D eigenvalue weighted by Gasteiger charge is 2.12. The fraction of sp³-hybridized carbons (Fsp3) is 0.316. The first kappa shape index (κ1) is 16.8. The number of nitrogens with zero attached hydrogens (tertiary/aromatic N) is 2. The number of halogens is 1. The zero-order valence-corrected chi connectivity index (χ0v) is 14.2. The third kappa shape index (κ3) is 4.50. The molecule has 1 aliphatic rings. The van der Waals surface area contributed by atoms with Crippen LogP contribution in [0.2, 0.25) is 0 Å². The van der Waals surface area contributed by atoms with E-state index in [0.717, 1.165) is 35.2 Å². The van der Waals surface area contributed by atoms with Crippen LogP contribution in [-0.4, -0.2) is 31.1 Å². The Morgan fingerprint density at radius 3 is 2.75 bits per heavy atom. The first-order valence-electron chi connectivity index (χ1n) is 8.07. The van der Waals surface area contributed by atoms with Crippen LogP contribution in [0.15, 0.2) is 52.3 Å². The van der Waals surface area contributed by atoms with Crippen LogP contribution in [0.25, 0.3) is 0 Å². The minimum absolute atomic E-state index is 0.270. The maximum absolute atomic E-state index is 13.4. The van der Waals surface area contributed by atoms with Crippen molar-refractivity contribution in [2.24, 2.45) is 0 Å². The highest BCUT2D eigenvalue weighted by molar-refractivity contribution is 7.99. The van der Waals surface area contributed by atoms with Gasteiger partial charge in [-0.3, -0.25) is 4.90 Å². The molecular formula is C19H19FN2OS. The molecule has 24 heavy (non-hydrogen) atoms. The molecule has 0 aliphatic carbocycles. The van der Waals surface area contributed by atoms with Crippen molar-refractivity contribution in [1.82, 2.24) is 4.90 Å². The van der Waals surface area contributed by atoms with Gasteiger partial charge >= 0.3 is 0 Å². The Kier molecular flexibility index (Phi) is 5.73. The average molecular weight is 342 g/mol. The molecule has 124 valence electrons. The number of ether oxygens (including phenoxy) is 1. The molecule has 1 heterocycles. The van der Waals surface area contributed by atoms with Crippen molar-refractivity contribution in [2.75, 3.05) is 26.2 Å². The third-order valence-electron chi connectivity index (χ3n) is 3.96. The van der Waals surface area contributed by atoms with E-state index >= 15 is 0 Å². The van der Waals surface area contributed by atoms with Crippen LogP contribution in [-0.2, 0) is 0 Å². The molecule has 1 saturated heterocycles. The lowest BCUT2D eigenvalue weighted by molar-refractivity contribution is 0.234. The summed E-state index contributed by atoms with van der Waals surface area (Å²) >= 11 is 1.41. The highest BCUT2D eigenvalue weighted by Crippen LogP contribution is 2.36. The van der Waals surface area contributed by atoms with E-state index in [4.69, 9.17) is 10.00 Å². The zero-order valence-electron chi connectivity index (χ0n) is 13.4. The van der Waals surface area contributed by atoms with E-state index in [1.54, 1.807) is 18.2 Å². The Bertz CT molecular complexity index is 738. The van der Waals surface area contributed by atoms with Crippen molar-refractivity contribution in [2.45, 2.75) is 22.6 Å². The molecule has 1 fully saturated rings. The summed E-state index contributed by atoms with van der Waals surface area (Å²) in [6, 6.07) is 13.9. The molecule has 3 rings (SSSR count). The van der Waals surface area contributed by atoms with Crippen molar-refractivity contribution in [3.8, 4) is 11.8 Å². The van der Waals surface area contributed by atoms with Crippen molar-refractivity contribution < 1.29 is 9.13 Å². The van der Waals surface area contributed by atoms with Gasteiger partial charge in [0.2, 0.25) is 0 Å². The number of rotatable bonds is 6. The molecular weight excluding hydrogens is 323 g/mol. The summed E-state index contributed by atoms with van der Waals surface area (Å²) in [5.74, 6) is 0.468. The molecule has 5 heteroatoms. The van der Waals surface area contributed by atoms with Crippen molar-refractivity contribution >= 4 is 11.8 Å². The van der Waals surface area contributed by atoms with Crippen molar-refractivity contribution in [3.05, 3.63) is 53.8 Å². The number of benzene rings is 2. The predicted molar refractivity (Wildman–Crippen MR) is 92.8 cm³/mol. The first-order valence-corrected chi connectivity index (χ1v) is 8.89. The second-order valence-electron chi connectivity index (χ2n) is 5.73. The summed E-state index contributed by atoms with van der Waals surface area (Å²) in [4.78, 5) is 4.01. The lowest BCUT2D eigenvalue weighted by Gasteiger charge is -2.16. The van der Waals surface area contributed by atoms with Crippen molar-refractivity contribution in [1.29, 1.82) is 5.26 Å². The van der Waals surface area contributed by atoms with Gasteiger partial charge in [-0.1, -0.05) is 17.8 Å². The number of hydrogen-bond acceptors (Lipinski definition) is 4. The van der Waals surface area contributed by atoms with Gasteiger partial charge in [0.25, 0.3) is 0 Å². The van der Waals surface area contributed by atoms with Gasteiger partial charge in [0.05, 0.1) is 16.5 Å². The molecule has 0 spiro atoms. The maximum Gasteiger partial charge on any atom is 0.133 e. The number of nitriles is 1. The summed E-state index contributed by atoms with van der Waals surface area (Å²) in [5.41, 5.74) is 0.570. The number of likely N-dealkylation sites (tertiary alicyclic amines) is 1. The van der Waals surface area contributed by atoms with E-state index in [-0.39, 0.29) is 5.82 Å². The Morgan fingerprint density at radius 2 is 2.00 bits per heavy atom. The van der Waals surface area contributed by atoms with E-state index in [0.29, 0.717) is 12.2 Å². The second-order valence-corrected chi connectivity index (χ2v) is 6.85. The molecule has 0 saturated carbocycles. The van der Waals surface area contributed by atoms with Gasteiger partial charge in [-0.05, 0) is 62.3 Å². The van der Waals surface area contributed by atoms with Gasteiger partial charge in [0.1, 0.15) is 18.2 Å². The van der Waals surface area contributed by atoms with E-state index < -0.39 is 0 Å². The predicted octanol–water partition coefficient (Wildman–Crippen LogP) is 4.32. The topological polar surface area (TPSA) is 36.3 Å². The minimum Gasteiger partial charge on any atom is -0.491 e. The largest absolute Gasteiger partial charge is 0.491 e. The smallest absolute Gasteiger partial charge is 0.133 e. The molecule has 0 atom stereocenters. The first-order chi connectivity index (χ1) is 11.7. The quantitative estimate of drug-likeness (QED) is 0.783.